The van der Waals surface area contributed by atoms with Crippen LogP contribution in [0.1, 0.15) is 35.2 Å². The summed E-state index contributed by atoms with van der Waals surface area (Å²) in [6, 6.07) is 6.54. The maximum absolute atomic E-state index is 13.3. The van der Waals surface area contributed by atoms with Gasteiger partial charge in [0.05, 0.1) is 4.92 Å². The number of nitro groups is 1. The summed E-state index contributed by atoms with van der Waals surface area (Å²) < 4.78 is 0. The first-order chi connectivity index (χ1) is 13.0. The quantitative estimate of drug-likeness (QED) is 0.436. The fourth-order valence-electron chi connectivity index (χ4n) is 4.13. The van der Waals surface area contributed by atoms with E-state index in [1.165, 1.54) is 12.1 Å². The van der Waals surface area contributed by atoms with E-state index in [0.717, 1.165) is 37.9 Å². The van der Waals surface area contributed by atoms with E-state index in [9.17, 15) is 14.9 Å². The van der Waals surface area contributed by atoms with E-state index in [2.05, 4.69) is 5.32 Å². The Morgan fingerprint density at radius 3 is 2.75 bits per heavy atom. The molecule has 1 unspecified atom stereocenters. The molecule has 1 aliphatic heterocycles. The van der Waals surface area contributed by atoms with Crippen molar-refractivity contribution in [1.82, 2.24) is 10.2 Å². The summed E-state index contributed by atoms with van der Waals surface area (Å²) in [4.78, 5) is 25.9. The van der Waals surface area contributed by atoms with Crippen LogP contribution in [-0.4, -0.2) is 34.9 Å². The molecular weight excluding hydrogens is 400 g/mol. The average molecular weight is 423 g/mol. The molecule has 150 valence electrons. The standard InChI is InChI=1S/C19H22N4O3S.ClH/c20-15-2-1-14(9-16(15)23(25)26)18(24)22(11-13-3-8-27-12-13)17-10-19(17)4-6-21-7-5-19;/h1-3,8-9,12,17,21H,4-7,10-11,20H2;1H. The Bertz CT molecular complexity index is 868. The number of nitrogen functional groups attached to an aromatic ring is 1. The molecule has 2 heterocycles. The van der Waals surface area contributed by atoms with Crippen LogP contribution in [0, 0.1) is 15.5 Å². The summed E-state index contributed by atoms with van der Waals surface area (Å²) in [7, 11) is 0. The third-order valence-electron chi connectivity index (χ3n) is 5.79. The van der Waals surface area contributed by atoms with Crippen LogP contribution >= 0.6 is 23.7 Å². The van der Waals surface area contributed by atoms with Gasteiger partial charge in [-0.05, 0) is 72.3 Å². The molecule has 1 amide bonds. The van der Waals surface area contributed by atoms with Gasteiger partial charge < -0.3 is 16.0 Å². The van der Waals surface area contributed by atoms with Crippen molar-refractivity contribution in [1.29, 1.82) is 0 Å². The third kappa shape index (κ3) is 3.85. The van der Waals surface area contributed by atoms with Crippen molar-refractivity contribution in [3.05, 3.63) is 56.3 Å². The number of thiophene rings is 1. The molecule has 0 radical (unpaired) electrons. The van der Waals surface area contributed by atoms with Gasteiger partial charge in [-0.1, -0.05) is 0 Å². The predicted octanol–water partition coefficient (Wildman–Crippen LogP) is 3.44. The van der Waals surface area contributed by atoms with Crippen molar-refractivity contribution in [2.45, 2.75) is 31.8 Å². The predicted molar refractivity (Wildman–Crippen MR) is 112 cm³/mol. The lowest BCUT2D eigenvalue weighted by atomic mass is 9.93. The van der Waals surface area contributed by atoms with E-state index >= 15 is 0 Å². The molecule has 7 nitrogen and oxygen atoms in total. The fraction of sp³-hybridized carbons (Fsp3) is 0.421. The lowest BCUT2D eigenvalue weighted by Crippen LogP contribution is -2.39. The van der Waals surface area contributed by atoms with Gasteiger partial charge in [0, 0.05) is 24.2 Å². The number of nitrogens with zero attached hydrogens (tertiary/aromatic N) is 2. The smallest absolute Gasteiger partial charge is 0.292 e. The molecule has 1 aromatic heterocycles. The molecule has 4 rings (SSSR count). The third-order valence-corrected chi connectivity index (χ3v) is 6.52. The number of hydrogen-bond donors (Lipinski definition) is 2. The molecule has 1 spiro atoms. The van der Waals surface area contributed by atoms with Gasteiger partial charge in [-0.3, -0.25) is 14.9 Å². The van der Waals surface area contributed by atoms with E-state index in [1.54, 1.807) is 17.4 Å². The molecule has 28 heavy (non-hydrogen) atoms. The Kier molecular flexibility index (Phi) is 5.92. The highest BCUT2D eigenvalue weighted by atomic mass is 35.5. The van der Waals surface area contributed by atoms with Gasteiger partial charge >= 0.3 is 0 Å². The highest BCUT2D eigenvalue weighted by Crippen LogP contribution is 2.56. The number of nitrogens with two attached hydrogens (primary N) is 1. The maximum atomic E-state index is 13.3. The van der Waals surface area contributed by atoms with Gasteiger partial charge in [0.1, 0.15) is 5.69 Å². The van der Waals surface area contributed by atoms with E-state index < -0.39 is 4.92 Å². The summed E-state index contributed by atoms with van der Waals surface area (Å²) in [6.45, 7) is 2.48. The van der Waals surface area contributed by atoms with E-state index in [-0.39, 0.29) is 41.1 Å². The van der Waals surface area contributed by atoms with Crippen LogP contribution in [-0.2, 0) is 6.54 Å². The first-order valence-corrected chi connectivity index (χ1v) is 10.0. The van der Waals surface area contributed by atoms with Crippen molar-refractivity contribution < 1.29 is 9.72 Å². The molecule has 1 aliphatic carbocycles. The van der Waals surface area contributed by atoms with Gasteiger partial charge in [0.25, 0.3) is 11.6 Å². The lowest BCUT2D eigenvalue weighted by molar-refractivity contribution is -0.383. The number of rotatable bonds is 5. The number of nitrogens with one attached hydrogen (secondary N) is 1. The van der Waals surface area contributed by atoms with Crippen molar-refractivity contribution in [3.8, 4) is 0 Å². The molecule has 0 bridgehead atoms. The maximum Gasteiger partial charge on any atom is 0.292 e. The first kappa shape index (κ1) is 20.6. The Hall–Kier alpha value is -2.16. The summed E-state index contributed by atoms with van der Waals surface area (Å²) >= 11 is 1.60. The summed E-state index contributed by atoms with van der Waals surface area (Å²) in [5, 5.41) is 18.6. The zero-order valence-corrected chi connectivity index (χ0v) is 16.9. The zero-order chi connectivity index (χ0) is 19.0. The average Bonchev–Trinajstić information content (AvgIpc) is 3.09. The second-order valence-electron chi connectivity index (χ2n) is 7.43. The Morgan fingerprint density at radius 2 is 2.11 bits per heavy atom. The monoisotopic (exact) mass is 422 g/mol. The Labute approximate surface area is 173 Å². The first-order valence-electron chi connectivity index (χ1n) is 9.07. The largest absolute Gasteiger partial charge is 0.393 e. The molecule has 1 saturated carbocycles. The van der Waals surface area contributed by atoms with Crippen molar-refractivity contribution in [2.24, 2.45) is 5.41 Å². The van der Waals surface area contributed by atoms with Gasteiger partial charge in [-0.2, -0.15) is 11.3 Å². The molecule has 1 saturated heterocycles. The highest BCUT2D eigenvalue weighted by Gasteiger charge is 2.57. The molecular formula is C19H23ClN4O3S. The van der Waals surface area contributed by atoms with Crippen LogP contribution in [0.3, 0.4) is 0 Å². The number of amides is 1. The Balaban J connectivity index is 0.00000225. The minimum Gasteiger partial charge on any atom is -0.393 e. The number of anilines is 1. The van der Waals surface area contributed by atoms with Crippen molar-refractivity contribution in [3.63, 3.8) is 0 Å². The number of piperidine rings is 1. The van der Waals surface area contributed by atoms with Crippen LogP contribution in [0.2, 0.25) is 0 Å². The molecule has 1 atom stereocenters. The van der Waals surface area contributed by atoms with Crippen LogP contribution in [0.25, 0.3) is 0 Å². The molecule has 2 aliphatic rings. The summed E-state index contributed by atoms with van der Waals surface area (Å²) in [6.07, 6.45) is 3.13. The number of halogens is 1. The van der Waals surface area contributed by atoms with Gasteiger partial charge in [0.2, 0.25) is 0 Å². The minimum absolute atomic E-state index is 0. The highest BCUT2D eigenvalue weighted by molar-refractivity contribution is 7.07. The topological polar surface area (TPSA) is 102 Å². The molecule has 2 fully saturated rings. The summed E-state index contributed by atoms with van der Waals surface area (Å²) in [5.41, 5.74) is 7.15. The molecule has 2 aromatic rings. The molecule has 1 aromatic carbocycles. The van der Waals surface area contributed by atoms with E-state index in [1.807, 2.05) is 21.7 Å². The fourth-order valence-corrected chi connectivity index (χ4v) is 4.79. The minimum atomic E-state index is -0.541. The molecule has 9 heteroatoms. The number of carbonyl (C=O) groups is 1. The van der Waals surface area contributed by atoms with Crippen LogP contribution in [0.4, 0.5) is 11.4 Å². The second kappa shape index (κ2) is 8.06. The number of carbonyl (C=O) groups excluding carboxylic acids is 1. The number of nitro benzene ring substituents is 1. The Morgan fingerprint density at radius 1 is 1.36 bits per heavy atom. The van der Waals surface area contributed by atoms with Gasteiger partial charge in [0.15, 0.2) is 0 Å². The zero-order valence-electron chi connectivity index (χ0n) is 15.3. The molecule has 3 N–H and O–H groups in total. The van der Waals surface area contributed by atoms with Crippen LogP contribution in [0.5, 0.6) is 0 Å². The van der Waals surface area contributed by atoms with Gasteiger partial charge in [-0.25, -0.2) is 0 Å². The van der Waals surface area contributed by atoms with Crippen LogP contribution < -0.4 is 11.1 Å². The van der Waals surface area contributed by atoms with Crippen LogP contribution in [0.15, 0.2) is 35.0 Å². The van der Waals surface area contributed by atoms with E-state index in [4.69, 9.17) is 5.73 Å². The summed E-state index contributed by atoms with van der Waals surface area (Å²) in [5.74, 6) is -0.162. The lowest BCUT2D eigenvalue weighted by Gasteiger charge is -2.29. The number of benzene rings is 1. The SMILES string of the molecule is Cl.Nc1ccc(C(=O)N(Cc2ccsc2)C2CC23CCNCC3)cc1[N+](=O)[O-]. The van der Waals surface area contributed by atoms with Crippen molar-refractivity contribution in [2.75, 3.05) is 18.8 Å². The van der Waals surface area contributed by atoms with E-state index in [0.29, 0.717) is 12.1 Å². The normalized spacial score (nSPS) is 19.6. The van der Waals surface area contributed by atoms with Gasteiger partial charge in [-0.15, -0.1) is 12.4 Å². The number of hydrogen-bond acceptors (Lipinski definition) is 6. The second-order valence-corrected chi connectivity index (χ2v) is 8.21. The van der Waals surface area contributed by atoms with Crippen molar-refractivity contribution >= 4 is 41.0 Å².